The summed E-state index contributed by atoms with van der Waals surface area (Å²) in [6, 6.07) is 3.65. The maximum atomic E-state index is 12.1. The second kappa shape index (κ2) is 5.48. The number of halogens is 1. The van der Waals surface area contributed by atoms with E-state index in [-0.39, 0.29) is 0 Å². The third-order valence-electron chi connectivity index (χ3n) is 2.50. The van der Waals surface area contributed by atoms with Gasteiger partial charge in [-0.3, -0.25) is 0 Å². The Bertz CT molecular complexity index is 512. The first-order valence-corrected chi connectivity index (χ1v) is 7.40. The summed E-state index contributed by atoms with van der Waals surface area (Å²) in [6.45, 7) is 2.43. The van der Waals surface area contributed by atoms with Gasteiger partial charge in [0.1, 0.15) is 0 Å². The van der Waals surface area contributed by atoms with Crippen molar-refractivity contribution in [3.05, 3.63) is 27.7 Å². The Hall–Kier alpha value is -0.430. The van der Waals surface area contributed by atoms with Crippen LogP contribution in [-0.4, -0.2) is 33.9 Å². The van der Waals surface area contributed by atoms with Crippen LogP contribution in [0.3, 0.4) is 0 Å². The fourth-order valence-corrected chi connectivity index (χ4v) is 3.31. The zero-order valence-corrected chi connectivity index (χ0v) is 12.8. The first-order valence-electron chi connectivity index (χ1n) is 5.17. The van der Waals surface area contributed by atoms with Crippen molar-refractivity contribution in [2.45, 2.75) is 18.4 Å². The molecule has 1 N–H and O–H groups in total. The molecule has 0 fully saturated rings. The van der Waals surface area contributed by atoms with Gasteiger partial charge in [0.15, 0.2) is 0 Å². The van der Waals surface area contributed by atoms with Gasteiger partial charge in [-0.05, 0) is 37.2 Å². The van der Waals surface area contributed by atoms with E-state index in [9.17, 15) is 8.42 Å². The molecular weight excluding hydrogens is 304 g/mol. The highest BCUT2D eigenvalue weighted by Gasteiger charge is 2.21. The normalized spacial score (nSPS) is 12.1. The average molecular weight is 321 g/mol. The smallest absolute Gasteiger partial charge is 0.242 e. The number of benzene rings is 1. The van der Waals surface area contributed by atoms with Crippen molar-refractivity contribution in [3.63, 3.8) is 0 Å². The molecule has 0 aliphatic carbocycles. The van der Waals surface area contributed by atoms with E-state index in [1.165, 1.54) is 18.4 Å². The molecule has 17 heavy (non-hydrogen) atoms. The predicted octanol–water partition coefficient (Wildman–Crippen LogP) is 1.73. The SMILES string of the molecule is CNCc1cc(Br)c(C)c(S(=O)(=O)N(C)C)c1. The summed E-state index contributed by atoms with van der Waals surface area (Å²) >= 11 is 3.40. The first kappa shape index (κ1) is 14.6. The third kappa shape index (κ3) is 3.07. The summed E-state index contributed by atoms with van der Waals surface area (Å²) < 4.78 is 26.3. The second-order valence-corrected chi connectivity index (χ2v) is 6.99. The van der Waals surface area contributed by atoms with Crippen molar-refractivity contribution in [2.75, 3.05) is 21.1 Å². The summed E-state index contributed by atoms with van der Waals surface area (Å²) in [5.74, 6) is 0. The van der Waals surface area contributed by atoms with Crippen molar-refractivity contribution >= 4 is 26.0 Å². The van der Waals surface area contributed by atoms with E-state index in [4.69, 9.17) is 0 Å². The Labute approximate surface area is 111 Å². The Balaban J connectivity index is 3.43. The predicted molar refractivity (Wildman–Crippen MR) is 72.5 cm³/mol. The number of rotatable bonds is 4. The molecule has 1 aromatic rings. The van der Waals surface area contributed by atoms with E-state index in [1.807, 2.05) is 13.1 Å². The molecule has 1 aromatic carbocycles. The molecule has 0 aliphatic heterocycles. The fourth-order valence-electron chi connectivity index (χ4n) is 1.48. The molecule has 0 atom stereocenters. The van der Waals surface area contributed by atoms with Crippen LogP contribution < -0.4 is 5.32 Å². The van der Waals surface area contributed by atoms with Crippen molar-refractivity contribution in [2.24, 2.45) is 0 Å². The van der Waals surface area contributed by atoms with Crippen LogP contribution in [0.2, 0.25) is 0 Å². The summed E-state index contributed by atoms with van der Waals surface area (Å²) in [5.41, 5.74) is 1.67. The fraction of sp³-hybridized carbons (Fsp3) is 0.455. The third-order valence-corrected chi connectivity index (χ3v) is 5.26. The lowest BCUT2D eigenvalue weighted by Gasteiger charge is -2.16. The first-order chi connectivity index (χ1) is 7.80. The zero-order chi connectivity index (χ0) is 13.2. The largest absolute Gasteiger partial charge is 0.316 e. The van der Waals surface area contributed by atoms with Crippen LogP contribution in [0.25, 0.3) is 0 Å². The molecule has 0 heterocycles. The van der Waals surface area contributed by atoms with Gasteiger partial charge in [0.2, 0.25) is 10.0 Å². The zero-order valence-electron chi connectivity index (χ0n) is 10.4. The van der Waals surface area contributed by atoms with E-state index >= 15 is 0 Å². The van der Waals surface area contributed by atoms with Gasteiger partial charge in [0, 0.05) is 25.1 Å². The van der Waals surface area contributed by atoms with E-state index in [2.05, 4.69) is 21.2 Å². The number of nitrogens with zero attached hydrogens (tertiary/aromatic N) is 1. The molecule has 0 spiro atoms. The van der Waals surface area contributed by atoms with E-state index < -0.39 is 10.0 Å². The van der Waals surface area contributed by atoms with Crippen LogP contribution in [0, 0.1) is 6.92 Å². The van der Waals surface area contributed by atoms with Crippen LogP contribution in [0.4, 0.5) is 0 Å². The van der Waals surface area contributed by atoms with Gasteiger partial charge in [-0.25, -0.2) is 12.7 Å². The van der Waals surface area contributed by atoms with Gasteiger partial charge >= 0.3 is 0 Å². The molecule has 0 aromatic heterocycles. The van der Waals surface area contributed by atoms with Crippen LogP contribution >= 0.6 is 15.9 Å². The second-order valence-electron chi connectivity index (χ2n) is 4.02. The van der Waals surface area contributed by atoms with Crippen LogP contribution in [0.5, 0.6) is 0 Å². The van der Waals surface area contributed by atoms with Crippen LogP contribution in [0.1, 0.15) is 11.1 Å². The summed E-state index contributed by atoms with van der Waals surface area (Å²) in [5, 5.41) is 3.01. The molecule has 1 rings (SSSR count). The van der Waals surface area contributed by atoms with Crippen LogP contribution in [0.15, 0.2) is 21.5 Å². The van der Waals surface area contributed by atoms with Gasteiger partial charge in [-0.2, -0.15) is 0 Å². The van der Waals surface area contributed by atoms with Crippen LogP contribution in [-0.2, 0) is 16.6 Å². The molecule has 96 valence electrons. The molecule has 0 radical (unpaired) electrons. The molecule has 0 bridgehead atoms. The molecule has 0 saturated carbocycles. The lowest BCUT2D eigenvalue weighted by molar-refractivity contribution is 0.520. The minimum Gasteiger partial charge on any atom is -0.316 e. The minimum atomic E-state index is -3.40. The van der Waals surface area contributed by atoms with Gasteiger partial charge in [0.25, 0.3) is 0 Å². The average Bonchev–Trinajstić information content (AvgIpc) is 2.23. The molecule has 0 aliphatic rings. The summed E-state index contributed by atoms with van der Waals surface area (Å²) in [6.07, 6.45) is 0. The number of hydrogen-bond donors (Lipinski definition) is 1. The van der Waals surface area contributed by atoms with Crippen molar-refractivity contribution in [1.82, 2.24) is 9.62 Å². The van der Waals surface area contributed by atoms with Gasteiger partial charge in [-0.1, -0.05) is 15.9 Å². The standard InChI is InChI=1S/C11H17BrN2O2S/c1-8-10(12)5-9(7-13-2)6-11(8)17(15,16)14(3)4/h5-6,13H,7H2,1-4H3. The molecule has 0 unspecified atom stereocenters. The molecular formula is C11H17BrN2O2S. The Morgan fingerprint density at radius 1 is 1.35 bits per heavy atom. The highest BCUT2D eigenvalue weighted by molar-refractivity contribution is 9.10. The van der Waals surface area contributed by atoms with Crippen molar-refractivity contribution in [1.29, 1.82) is 0 Å². The molecule has 0 amide bonds. The maximum absolute atomic E-state index is 12.1. The van der Waals surface area contributed by atoms with Gasteiger partial charge in [-0.15, -0.1) is 0 Å². The number of sulfonamides is 1. The Morgan fingerprint density at radius 2 is 1.94 bits per heavy atom. The van der Waals surface area contributed by atoms with Gasteiger partial charge in [0.05, 0.1) is 4.90 Å². The number of nitrogens with one attached hydrogen (secondary N) is 1. The topological polar surface area (TPSA) is 49.4 Å². The van der Waals surface area contributed by atoms with Gasteiger partial charge < -0.3 is 5.32 Å². The quantitative estimate of drug-likeness (QED) is 0.919. The van der Waals surface area contributed by atoms with E-state index in [1.54, 1.807) is 13.0 Å². The molecule has 4 nitrogen and oxygen atoms in total. The lowest BCUT2D eigenvalue weighted by atomic mass is 10.1. The summed E-state index contributed by atoms with van der Waals surface area (Å²) in [7, 11) is 1.50. The molecule has 0 saturated heterocycles. The highest BCUT2D eigenvalue weighted by atomic mass is 79.9. The highest BCUT2D eigenvalue weighted by Crippen LogP contribution is 2.27. The van der Waals surface area contributed by atoms with E-state index in [0.717, 1.165) is 15.6 Å². The maximum Gasteiger partial charge on any atom is 0.242 e. The molecule has 6 heteroatoms. The monoisotopic (exact) mass is 320 g/mol. The Kier molecular flexibility index (Phi) is 4.71. The van der Waals surface area contributed by atoms with Crippen molar-refractivity contribution in [3.8, 4) is 0 Å². The Morgan fingerprint density at radius 3 is 2.41 bits per heavy atom. The number of hydrogen-bond acceptors (Lipinski definition) is 3. The lowest BCUT2D eigenvalue weighted by Crippen LogP contribution is -2.23. The van der Waals surface area contributed by atoms with E-state index in [0.29, 0.717) is 11.4 Å². The van der Waals surface area contributed by atoms with Crippen molar-refractivity contribution < 1.29 is 8.42 Å². The summed E-state index contributed by atoms with van der Waals surface area (Å²) in [4.78, 5) is 0.349. The minimum absolute atomic E-state index is 0.349.